The van der Waals surface area contributed by atoms with E-state index in [0.717, 1.165) is 13.1 Å². The van der Waals surface area contributed by atoms with Crippen LogP contribution in [0.5, 0.6) is 0 Å². The minimum absolute atomic E-state index is 0.253. The van der Waals surface area contributed by atoms with Crippen LogP contribution in [0.15, 0.2) is 30.3 Å². The third-order valence-electron chi connectivity index (χ3n) is 4.32. The number of carbonyl (C=O) groups excluding carboxylic acids is 1. The van der Waals surface area contributed by atoms with Gasteiger partial charge in [-0.2, -0.15) is 0 Å². The number of fused-ring (bicyclic) bond motifs is 1. The van der Waals surface area contributed by atoms with Crippen LogP contribution in [0.4, 0.5) is 4.79 Å². The molecule has 21 heavy (non-hydrogen) atoms. The molecule has 1 aromatic carbocycles. The fraction of sp³-hybridized carbons (Fsp3) is 0.588. The number of hydrogen-bond acceptors (Lipinski definition) is 3. The zero-order valence-corrected chi connectivity index (χ0v) is 13.0. The highest BCUT2D eigenvalue weighted by atomic mass is 16.6. The van der Waals surface area contributed by atoms with Crippen LogP contribution in [0.25, 0.3) is 0 Å². The molecule has 3 atom stereocenters. The van der Waals surface area contributed by atoms with Crippen molar-refractivity contribution in [1.29, 1.82) is 0 Å². The van der Waals surface area contributed by atoms with Crippen LogP contribution >= 0.6 is 0 Å². The number of ether oxygens (including phenoxy) is 1. The summed E-state index contributed by atoms with van der Waals surface area (Å²) in [7, 11) is 0. The van der Waals surface area contributed by atoms with E-state index in [4.69, 9.17) is 4.74 Å². The molecule has 1 saturated carbocycles. The maximum atomic E-state index is 11.9. The molecule has 114 valence electrons. The smallest absolute Gasteiger partial charge is 0.407 e. The summed E-state index contributed by atoms with van der Waals surface area (Å²) in [6.07, 6.45) is 0.900. The maximum Gasteiger partial charge on any atom is 0.407 e. The van der Waals surface area contributed by atoms with Crippen LogP contribution in [-0.2, 0) is 11.3 Å². The van der Waals surface area contributed by atoms with E-state index in [-0.39, 0.29) is 12.1 Å². The Morgan fingerprint density at radius 1 is 1.33 bits per heavy atom. The van der Waals surface area contributed by atoms with Gasteiger partial charge in [0.05, 0.1) is 6.04 Å². The molecule has 0 aromatic heterocycles. The predicted octanol–water partition coefficient (Wildman–Crippen LogP) is 2.78. The molecule has 2 aliphatic heterocycles. The Balaban J connectivity index is 1.54. The molecule has 1 amide bonds. The SMILES string of the molecule is CC(C)(C)OC(=O)N[C@@H]1[C@@H]2C[C@H]1N(Cc1ccccc1)C2. The molecule has 4 heteroatoms. The third-order valence-corrected chi connectivity index (χ3v) is 4.32. The van der Waals surface area contributed by atoms with E-state index in [9.17, 15) is 4.79 Å². The topological polar surface area (TPSA) is 41.6 Å². The standard InChI is InChI=1S/C17H24N2O2/c1-17(2,3)21-16(20)18-15-13-9-14(15)19(11-13)10-12-7-5-4-6-8-12/h4-8,13-15H,9-11H2,1-3H3,(H,18,20)/t13-,14-,15-/m1/s1. The first-order valence-electron chi connectivity index (χ1n) is 7.70. The van der Waals surface area contributed by atoms with Gasteiger partial charge < -0.3 is 10.1 Å². The van der Waals surface area contributed by atoms with Gasteiger partial charge in [0.25, 0.3) is 0 Å². The van der Waals surface area contributed by atoms with E-state index < -0.39 is 5.60 Å². The van der Waals surface area contributed by atoms with Crippen LogP contribution in [-0.4, -0.2) is 35.2 Å². The van der Waals surface area contributed by atoms with Gasteiger partial charge in [-0.1, -0.05) is 30.3 Å². The van der Waals surface area contributed by atoms with Gasteiger partial charge >= 0.3 is 6.09 Å². The lowest BCUT2D eigenvalue weighted by Gasteiger charge is -2.37. The van der Waals surface area contributed by atoms with Crippen molar-refractivity contribution in [2.45, 2.75) is 51.4 Å². The van der Waals surface area contributed by atoms with Crippen molar-refractivity contribution in [3.8, 4) is 0 Å². The summed E-state index contributed by atoms with van der Waals surface area (Å²) in [6.45, 7) is 7.71. The number of hydrogen-bond donors (Lipinski definition) is 1. The average Bonchev–Trinajstić information content (AvgIpc) is 2.92. The molecule has 0 spiro atoms. The predicted molar refractivity (Wildman–Crippen MR) is 81.9 cm³/mol. The lowest BCUT2D eigenvalue weighted by Crippen LogP contribution is -2.55. The second-order valence-corrected chi connectivity index (χ2v) is 7.15. The quantitative estimate of drug-likeness (QED) is 0.930. The zero-order valence-electron chi connectivity index (χ0n) is 13.0. The number of nitrogens with zero attached hydrogens (tertiary/aromatic N) is 1. The van der Waals surface area contributed by atoms with Gasteiger partial charge in [-0.15, -0.1) is 0 Å². The van der Waals surface area contributed by atoms with Crippen molar-refractivity contribution in [2.75, 3.05) is 6.54 Å². The Labute approximate surface area is 126 Å². The number of amides is 1. The van der Waals surface area contributed by atoms with Gasteiger partial charge in [0.2, 0.25) is 0 Å². The molecular formula is C17H24N2O2. The lowest BCUT2D eigenvalue weighted by molar-refractivity contribution is 0.0431. The van der Waals surface area contributed by atoms with Gasteiger partial charge in [0.15, 0.2) is 0 Å². The Hall–Kier alpha value is -1.55. The molecule has 1 aliphatic carbocycles. The van der Waals surface area contributed by atoms with E-state index in [2.05, 4.69) is 34.5 Å². The van der Waals surface area contributed by atoms with Crippen molar-refractivity contribution in [3.63, 3.8) is 0 Å². The Morgan fingerprint density at radius 2 is 2.05 bits per heavy atom. The van der Waals surface area contributed by atoms with Gasteiger partial charge in [-0.05, 0) is 38.7 Å². The van der Waals surface area contributed by atoms with E-state index in [1.807, 2.05) is 26.8 Å². The van der Waals surface area contributed by atoms with Crippen molar-refractivity contribution in [3.05, 3.63) is 35.9 Å². The first-order chi connectivity index (χ1) is 9.92. The Bertz CT molecular complexity index is 509. The highest BCUT2D eigenvalue weighted by molar-refractivity contribution is 5.68. The third kappa shape index (κ3) is 3.21. The minimum atomic E-state index is -0.434. The lowest BCUT2D eigenvalue weighted by atomic mass is 9.80. The van der Waals surface area contributed by atoms with Crippen LogP contribution in [0.3, 0.4) is 0 Å². The second kappa shape index (κ2) is 5.34. The number of alkyl carbamates (subject to hydrolysis) is 1. The fourth-order valence-corrected chi connectivity index (χ4v) is 3.38. The zero-order chi connectivity index (χ0) is 15.0. The summed E-state index contributed by atoms with van der Waals surface area (Å²) >= 11 is 0. The molecule has 2 heterocycles. The van der Waals surface area contributed by atoms with E-state index in [1.54, 1.807) is 0 Å². The largest absolute Gasteiger partial charge is 0.444 e. The first kappa shape index (κ1) is 14.4. The number of rotatable bonds is 3. The molecule has 3 fully saturated rings. The molecule has 2 saturated heterocycles. The summed E-state index contributed by atoms with van der Waals surface area (Å²) in [6, 6.07) is 11.2. The van der Waals surface area contributed by atoms with Crippen LogP contribution in [0, 0.1) is 5.92 Å². The number of benzene rings is 1. The molecule has 4 nitrogen and oxygen atoms in total. The molecule has 0 unspecified atom stereocenters. The molecular weight excluding hydrogens is 264 g/mol. The molecule has 0 radical (unpaired) electrons. The van der Waals surface area contributed by atoms with Gasteiger partial charge in [-0.3, -0.25) is 4.90 Å². The minimum Gasteiger partial charge on any atom is -0.444 e. The van der Waals surface area contributed by atoms with Crippen LogP contribution < -0.4 is 5.32 Å². The highest BCUT2D eigenvalue weighted by Crippen LogP contribution is 2.41. The van der Waals surface area contributed by atoms with Gasteiger partial charge in [0.1, 0.15) is 5.60 Å². The first-order valence-corrected chi connectivity index (χ1v) is 7.70. The van der Waals surface area contributed by atoms with Crippen LogP contribution in [0.1, 0.15) is 32.8 Å². The Kier molecular flexibility index (Phi) is 3.66. The second-order valence-electron chi connectivity index (χ2n) is 7.15. The molecule has 1 aromatic rings. The molecule has 2 bridgehead atoms. The molecule has 1 N–H and O–H groups in total. The molecule has 3 aliphatic rings. The molecule has 4 rings (SSSR count). The summed E-state index contributed by atoms with van der Waals surface area (Å²) in [5, 5.41) is 3.05. The van der Waals surface area contributed by atoms with Gasteiger partial charge in [-0.25, -0.2) is 4.79 Å². The number of carbonyl (C=O) groups is 1. The fourth-order valence-electron chi connectivity index (χ4n) is 3.38. The number of nitrogens with one attached hydrogen (secondary N) is 1. The van der Waals surface area contributed by atoms with Crippen molar-refractivity contribution < 1.29 is 9.53 Å². The van der Waals surface area contributed by atoms with E-state index in [1.165, 1.54) is 12.0 Å². The summed E-state index contributed by atoms with van der Waals surface area (Å²) in [5.41, 5.74) is 0.900. The van der Waals surface area contributed by atoms with Crippen LogP contribution in [0.2, 0.25) is 0 Å². The highest BCUT2D eigenvalue weighted by Gasteiger charge is 2.52. The van der Waals surface area contributed by atoms with Crippen molar-refractivity contribution in [1.82, 2.24) is 10.2 Å². The normalized spacial score (nSPS) is 28.0. The van der Waals surface area contributed by atoms with Crippen molar-refractivity contribution in [2.24, 2.45) is 5.92 Å². The Morgan fingerprint density at radius 3 is 2.71 bits per heavy atom. The summed E-state index contributed by atoms with van der Waals surface area (Å²) in [4.78, 5) is 14.4. The van der Waals surface area contributed by atoms with E-state index >= 15 is 0 Å². The van der Waals surface area contributed by atoms with Crippen molar-refractivity contribution >= 4 is 6.09 Å². The monoisotopic (exact) mass is 288 g/mol. The maximum absolute atomic E-state index is 11.9. The van der Waals surface area contributed by atoms with E-state index in [0.29, 0.717) is 12.0 Å². The average molecular weight is 288 g/mol. The van der Waals surface area contributed by atoms with Gasteiger partial charge in [0, 0.05) is 19.1 Å². The summed E-state index contributed by atoms with van der Waals surface area (Å²) < 4.78 is 5.35. The summed E-state index contributed by atoms with van der Waals surface area (Å²) in [5.74, 6) is 0.575.